The Kier molecular flexibility index (Phi) is 5.40. The fourth-order valence-electron chi connectivity index (χ4n) is 2.85. The van der Waals surface area contributed by atoms with Gasteiger partial charge in [-0.05, 0) is 19.4 Å². The van der Waals surface area contributed by atoms with Crippen LogP contribution in [0.3, 0.4) is 0 Å². The summed E-state index contributed by atoms with van der Waals surface area (Å²) in [4.78, 5) is 14.6. The lowest BCUT2D eigenvalue weighted by atomic mass is 10.1. The Bertz CT molecular complexity index is 685. The number of aryl methyl sites for hydroxylation is 2. The molecule has 0 radical (unpaired) electrons. The zero-order valence-electron chi connectivity index (χ0n) is 14.1. The van der Waals surface area contributed by atoms with Crippen molar-refractivity contribution in [1.29, 1.82) is 0 Å². The summed E-state index contributed by atoms with van der Waals surface area (Å²) in [5, 5.41) is 11.0. The molecule has 1 aromatic heterocycles. The lowest BCUT2D eigenvalue weighted by molar-refractivity contribution is 0.182. The second kappa shape index (κ2) is 7.70. The number of benzene rings is 1. The molecule has 128 valence electrons. The minimum absolute atomic E-state index is 0.0356. The highest BCUT2D eigenvalue weighted by molar-refractivity contribution is 7.99. The Balaban J connectivity index is 1.68. The van der Waals surface area contributed by atoms with Crippen LogP contribution in [-0.2, 0) is 13.1 Å². The molecule has 7 heteroatoms. The average molecular weight is 345 g/mol. The zero-order chi connectivity index (χ0) is 16.9. The molecule has 1 saturated heterocycles. The van der Waals surface area contributed by atoms with Crippen molar-refractivity contribution in [3.63, 3.8) is 0 Å². The third kappa shape index (κ3) is 3.72. The van der Waals surface area contributed by atoms with Gasteiger partial charge in [0.1, 0.15) is 6.33 Å². The Morgan fingerprint density at radius 2 is 2.17 bits per heavy atom. The molecule has 0 spiro atoms. The van der Waals surface area contributed by atoms with Gasteiger partial charge in [-0.2, -0.15) is 11.8 Å². The predicted molar refractivity (Wildman–Crippen MR) is 95.9 cm³/mol. The van der Waals surface area contributed by atoms with Crippen LogP contribution in [0.5, 0.6) is 0 Å². The second-order valence-corrected chi connectivity index (χ2v) is 7.04. The summed E-state index contributed by atoms with van der Waals surface area (Å²) in [6.45, 7) is 6.06. The number of amides is 2. The first-order chi connectivity index (χ1) is 11.7. The fraction of sp³-hybridized carbons (Fsp3) is 0.471. The molecule has 1 N–H and O–H groups in total. The third-order valence-electron chi connectivity index (χ3n) is 4.29. The number of carbonyl (C=O) groups excluding carboxylic acids is 1. The summed E-state index contributed by atoms with van der Waals surface area (Å²) < 4.78 is 1.93. The smallest absolute Gasteiger partial charge is 0.318 e. The first-order valence-electron chi connectivity index (χ1n) is 8.24. The topological polar surface area (TPSA) is 63.1 Å². The highest BCUT2D eigenvalue weighted by Gasteiger charge is 2.28. The molecule has 24 heavy (non-hydrogen) atoms. The molecule has 1 fully saturated rings. The molecule has 1 unspecified atom stereocenters. The fourth-order valence-corrected chi connectivity index (χ4v) is 3.94. The molecule has 1 atom stereocenters. The number of carbonyl (C=O) groups is 1. The normalized spacial score (nSPS) is 17.8. The molecule has 0 aliphatic carbocycles. The molecule has 0 saturated carbocycles. The maximum atomic E-state index is 12.7. The van der Waals surface area contributed by atoms with Crippen LogP contribution in [0.25, 0.3) is 0 Å². The molecular weight excluding hydrogens is 322 g/mol. The third-order valence-corrected chi connectivity index (χ3v) is 5.31. The standard InChI is InChI=1S/C17H23N5OS/c1-3-21-12-19-20-16(21)10-18-17(23)22-8-9-24-11-15(22)14-6-4-13(2)5-7-14/h4-7,12,15H,3,8-11H2,1-2H3,(H,18,23). The highest BCUT2D eigenvalue weighted by Crippen LogP contribution is 2.29. The summed E-state index contributed by atoms with van der Waals surface area (Å²) in [5.41, 5.74) is 2.43. The Hall–Kier alpha value is -2.02. The molecule has 0 bridgehead atoms. The van der Waals surface area contributed by atoms with E-state index in [2.05, 4.69) is 46.7 Å². The van der Waals surface area contributed by atoms with Gasteiger partial charge >= 0.3 is 6.03 Å². The van der Waals surface area contributed by atoms with Crippen LogP contribution in [0.4, 0.5) is 4.79 Å². The van der Waals surface area contributed by atoms with Crippen molar-refractivity contribution in [2.75, 3.05) is 18.1 Å². The van der Waals surface area contributed by atoms with E-state index in [1.54, 1.807) is 6.33 Å². The lowest BCUT2D eigenvalue weighted by Gasteiger charge is -2.35. The van der Waals surface area contributed by atoms with Gasteiger partial charge in [-0.3, -0.25) is 0 Å². The minimum Gasteiger partial charge on any atom is -0.331 e. The monoisotopic (exact) mass is 345 g/mol. The second-order valence-electron chi connectivity index (χ2n) is 5.89. The van der Waals surface area contributed by atoms with E-state index >= 15 is 0 Å². The SMILES string of the molecule is CCn1cnnc1CNC(=O)N1CCSCC1c1ccc(C)cc1. The van der Waals surface area contributed by atoms with Crippen molar-refractivity contribution in [3.8, 4) is 0 Å². The Labute approximate surface area is 146 Å². The van der Waals surface area contributed by atoms with Gasteiger partial charge < -0.3 is 14.8 Å². The number of nitrogens with one attached hydrogen (secondary N) is 1. The number of aromatic nitrogens is 3. The van der Waals surface area contributed by atoms with Gasteiger partial charge in [-0.15, -0.1) is 10.2 Å². The molecule has 1 aliphatic heterocycles. The van der Waals surface area contributed by atoms with E-state index in [4.69, 9.17) is 0 Å². The van der Waals surface area contributed by atoms with Crippen LogP contribution in [0.2, 0.25) is 0 Å². The molecule has 1 aromatic carbocycles. The van der Waals surface area contributed by atoms with E-state index in [0.29, 0.717) is 6.54 Å². The van der Waals surface area contributed by atoms with E-state index in [9.17, 15) is 4.79 Å². The van der Waals surface area contributed by atoms with Crippen LogP contribution >= 0.6 is 11.8 Å². The van der Waals surface area contributed by atoms with Crippen molar-refractivity contribution >= 4 is 17.8 Å². The zero-order valence-corrected chi connectivity index (χ0v) is 14.9. The quantitative estimate of drug-likeness (QED) is 0.925. The minimum atomic E-state index is -0.0356. The van der Waals surface area contributed by atoms with Crippen molar-refractivity contribution in [2.24, 2.45) is 0 Å². The maximum Gasteiger partial charge on any atom is 0.318 e. The summed E-state index contributed by atoms with van der Waals surface area (Å²) in [5.74, 6) is 2.69. The van der Waals surface area contributed by atoms with Crippen molar-refractivity contribution < 1.29 is 4.79 Å². The van der Waals surface area contributed by atoms with E-state index in [-0.39, 0.29) is 12.1 Å². The molecule has 2 amide bonds. The van der Waals surface area contributed by atoms with E-state index in [1.165, 1.54) is 11.1 Å². The van der Waals surface area contributed by atoms with Crippen molar-refractivity contribution in [2.45, 2.75) is 33.0 Å². The summed E-state index contributed by atoms with van der Waals surface area (Å²) >= 11 is 1.90. The van der Waals surface area contributed by atoms with E-state index in [1.807, 2.05) is 28.2 Å². The highest BCUT2D eigenvalue weighted by atomic mass is 32.2. The van der Waals surface area contributed by atoms with E-state index in [0.717, 1.165) is 30.4 Å². The molecule has 3 rings (SSSR count). The van der Waals surface area contributed by atoms with Crippen molar-refractivity contribution in [3.05, 3.63) is 47.5 Å². The molecule has 6 nitrogen and oxygen atoms in total. The number of thioether (sulfide) groups is 1. The number of urea groups is 1. The summed E-state index contributed by atoms with van der Waals surface area (Å²) in [6, 6.07) is 8.54. The van der Waals surface area contributed by atoms with Gasteiger partial charge in [-0.25, -0.2) is 4.79 Å². The number of hydrogen-bond donors (Lipinski definition) is 1. The van der Waals surface area contributed by atoms with Crippen LogP contribution in [-0.4, -0.2) is 43.7 Å². The number of rotatable bonds is 4. The van der Waals surface area contributed by atoms with Crippen LogP contribution in [0.15, 0.2) is 30.6 Å². The lowest BCUT2D eigenvalue weighted by Crippen LogP contribution is -2.46. The van der Waals surface area contributed by atoms with Gasteiger partial charge in [0, 0.05) is 24.6 Å². The number of nitrogens with zero attached hydrogens (tertiary/aromatic N) is 4. The van der Waals surface area contributed by atoms with Crippen LogP contribution in [0.1, 0.15) is 29.9 Å². The van der Waals surface area contributed by atoms with Crippen LogP contribution in [0, 0.1) is 6.92 Å². The molecule has 2 aromatic rings. The van der Waals surface area contributed by atoms with Crippen LogP contribution < -0.4 is 5.32 Å². The van der Waals surface area contributed by atoms with Gasteiger partial charge in [0.15, 0.2) is 5.82 Å². The van der Waals surface area contributed by atoms with Gasteiger partial charge in [0.2, 0.25) is 0 Å². The molecule has 1 aliphatic rings. The first-order valence-corrected chi connectivity index (χ1v) is 9.40. The molecular formula is C17H23N5OS. The summed E-state index contributed by atoms with van der Waals surface area (Å²) in [6.07, 6.45) is 1.69. The van der Waals surface area contributed by atoms with E-state index < -0.39 is 0 Å². The number of hydrogen-bond acceptors (Lipinski definition) is 4. The van der Waals surface area contributed by atoms with Gasteiger partial charge in [0.05, 0.1) is 12.6 Å². The Morgan fingerprint density at radius 1 is 1.38 bits per heavy atom. The van der Waals surface area contributed by atoms with Gasteiger partial charge in [-0.1, -0.05) is 29.8 Å². The van der Waals surface area contributed by atoms with Crippen molar-refractivity contribution in [1.82, 2.24) is 25.0 Å². The molecule has 2 heterocycles. The average Bonchev–Trinajstić information content (AvgIpc) is 3.08. The largest absolute Gasteiger partial charge is 0.331 e. The predicted octanol–water partition coefficient (Wildman–Crippen LogP) is 2.61. The summed E-state index contributed by atoms with van der Waals surface area (Å²) in [7, 11) is 0. The van der Waals surface area contributed by atoms with Gasteiger partial charge in [0.25, 0.3) is 0 Å². The Morgan fingerprint density at radius 3 is 2.92 bits per heavy atom. The first kappa shape index (κ1) is 16.8. The maximum absolute atomic E-state index is 12.7.